The first-order valence-corrected chi connectivity index (χ1v) is 7.33. The van der Waals surface area contributed by atoms with Gasteiger partial charge in [-0.1, -0.05) is 20.8 Å². The van der Waals surface area contributed by atoms with E-state index in [2.05, 4.69) is 19.2 Å². The van der Waals surface area contributed by atoms with E-state index in [9.17, 15) is 9.59 Å². The molecule has 0 spiro atoms. The lowest BCUT2D eigenvalue weighted by molar-refractivity contribution is -0.121. The van der Waals surface area contributed by atoms with Crippen molar-refractivity contribution in [3.8, 4) is 0 Å². The van der Waals surface area contributed by atoms with Crippen LogP contribution in [0.2, 0.25) is 0 Å². The van der Waals surface area contributed by atoms with Crippen molar-refractivity contribution in [3.63, 3.8) is 0 Å². The number of fused-ring (bicyclic) bond motifs is 1. The SMILES string of the molecule is CCCNC(=O)Cn1c(C)cc2c1CC(C)(C)CC2=O. The summed E-state index contributed by atoms with van der Waals surface area (Å²) in [5, 5.41) is 2.89. The molecule has 0 saturated heterocycles. The molecule has 1 aliphatic rings. The van der Waals surface area contributed by atoms with Gasteiger partial charge in [0.1, 0.15) is 6.54 Å². The number of hydrogen-bond acceptors (Lipinski definition) is 2. The van der Waals surface area contributed by atoms with Gasteiger partial charge < -0.3 is 9.88 Å². The molecule has 0 aliphatic heterocycles. The Balaban J connectivity index is 2.27. The van der Waals surface area contributed by atoms with Crippen LogP contribution in [0.25, 0.3) is 0 Å². The van der Waals surface area contributed by atoms with Crippen molar-refractivity contribution in [2.75, 3.05) is 6.54 Å². The van der Waals surface area contributed by atoms with E-state index in [1.54, 1.807) is 0 Å². The molecule has 110 valence electrons. The Kier molecular flexibility index (Phi) is 4.02. The molecule has 1 amide bonds. The highest BCUT2D eigenvalue weighted by atomic mass is 16.2. The number of hydrogen-bond donors (Lipinski definition) is 1. The highest BCUT2D eigenvalue weighted by molar-refractivity contribution is 5.99. The van der Waals surface area contributed by atoms with Crippen molar-refractivity contribution < 1.29 is 9.59 Å². The Labute approximate surface area is 120 Å². The summed E-state index contributed by atoms with van der Waals surface area (Å²) in [4.78, 5) is 24.1. The van der Waals surface area contributed by atoms with Crippen molar-refractivity contribution in [2.45, 2.75) is 53.5 Å². The predicted molar refractivity (Wildman–Crippen MR) is 78.9 cm³/mol. The Morgan fingerprint density at radius 1 is 1.40 bits per heavy atom. The van der Waals surface area contributed by atoms with Gasteiger partial charge in [-0.25, -0.2) is 0 Å². The molecule has 0 saturated carbocycles. The molecular formula is C16H24N2O2. The summed E-state index contributed by atoms with van der Waals surface area (Å²) in [6.45, 7) is 9.22. The number of carbonyl (C=O) groups is 2. The number of Topliss-reactive ketones (excluding diaryl/α,β-unsaturated/α-hetero) is 1. The van der Waals surface area contributed by atoms with Crippen LogP contribution in [0, 0.1) is 12.3 Å². The van der Waals surface area contributed by atoms with E-state index in [0.717, 1.165) is 29.8 Å². The largest absolute Gasteiger partial charge is 0.355 e. The summed E-state index contributed by atoms with van der Waals surface area (Å²) in [5.41, 5.74) is 2.81. The minimum absolute atomic E-state index is 0.0178. The van der Waals surface area contributed by atoms with Gasteiger partial charge in [0, 0.05) is 29.9 Å². The molecular weight excluding hydrogens is 252 g/mol. The molecule has 1 aromatic rings. The Hall–Kier alpha value is -1.58. The zero-order valence-electron chi connectivity index (χ0n) is 12.9. The summed E-state index contributed by atoms with van der Waals surface area (Å²) >= 11 is 0. The number of amides is 1. The molecule has 0 atom stereocenters. The number of aromatic nitrogens is 1. The van der Waals surface area contributed by atoms with Crippen LogP contribution < -0.4 is 5.32 Å². The van der Waals surface area contributed by atoms with Crippen LogP contribution in [0.15, 0.2) is 6.07 Å². The van der Waals surface area contributed by atoms with E-state index >= 15 is 0 Å². The predicted octanol–water partition coefficient (Wildman–Crippen LogP) is 2.48. The van der Waals surface area contributed by atoms with E-state index in [4.69, 9.17) is 0 Å². The Morgan fingerprint density at radius 2 is 2.10 bits per heavy atom. The van der Waals surface area contributed by atoms with Crippen molar-refractivity contribution >= 4 is 11.7 Å². The van der Waals surface area contributed by atoms with E-state index in [-0.39, 0.29) is 17.1 Å². The van der Waals surface area contributed by atoms with Crippen LogP contribution in [0.3, 0.4) is 0 Å². The average molecular weight is 276 g/mol. The summed E-state index contributed by atoms with van der Waals surface area (Å²) in [6.07, 6.45) is 2.37. The maximum absolute atomic E-state index is 12.2. The van der Waals surface area contributed by atoms with Crippen LogP contribution in [-0.4, -0.2) is 22.8 Å². The molecule has 4 nitrogen and oxygen atoms in total. The molecule has 0 aromatic carbocycles. The highest BCUT2D eigenvalue weighted by Crippen LogP contribution is 2.36. The first-order chi connectivity index (χ1) is 9.34. The van der Waals surface area contributed by atoms with Gasteiger partial charge in [-0.05, 0) is 31.2 Å². The van der Waals surface area contributed by atoms with Gasteiger partial charge in [0.15, 0.2) is 5.78 Å². The summed E-state index contributed by atoms with van der Waals surface area (Å²) in [6, 6.07) is 1.93. The summed E-state index contributed by atoms with van der Waals surface area (Å²) in [7, 11) is 0. The van der Waals surface area contributed by atoms with Crippen LogP contribution >= 0.6 is 0 Å². The van der Waals surface area contributed by atoms with Gasteiger partial charge >= 0.3 is 0 Å². The fourth-order valence-corrected chi connectivity index (χ4v) is 2.89. The normalized spacial score (nSPS) is 16.9. The minimum atomic E-state index is -0.0213. The van der Waals surface area contributed by atoms with Gasteiger partial charge in [0.2, 0.25) is 5.91 Å². The van der Waals surface area contributed by atoms with E-state index in [0.29, 0.717) is 19.5 Å². The first kappa shape index (κ1) is 14.8. The third kappa shape index (κ3) is 2.94. The first-order valence-electron chi connectivity index (χ1n) is 7.33. The van der Waals surface area contributed by atoms with Crippen LogP contribution in [-0.2, 0) is 17.8 Å². The molecule has 0 fully saturated rings. The molecule has 20 heavy (non-hydrogen) atoms. The quantitative estimate of drug-likeness (QED) is 0.918. The zero-order valence-corrected chi connectivity index (χ0v) is 12.9. The lowest BCUT2D eigenvalue weighted by atomic mass is 9.76. The van der Waals surface area contributed by atoms with Crippen LogP contribution in [0.4, 0.5) is 0 Å². The molecule has 2 rings (SSSR count). The molecule has 1 aliphatic carbocycles. The number of carbonyl (C=O) groups excluding carboxylic acids is 2. The lowest BCUT2D eigenvalue weighted by Gasteiger charge is -2.29. The Bertz CT molecular complexity index is 541. The average Bonchev–Trinajstić information content (AvgIpc) is 2.63. The molecule has 1 N–H and O–H groups in total. The second-order valence-electron chi connectivity index (χ2n) is 6.52. The fourth-order valence-electron chi connectivity index (χ4n) is 2.89. The van der Waals surface area contributed by atoms with E-state index in [1.807, 2.05) is 24.5 Å². The third-order valence-corrected chi connectivity index (χ3v) is 3.88. The highest BCUT2D eigenvalue weighted by Gasteiger charge is 2.34. The third-order valence-electron chi connectivity index (χ3n) is 3.88. The number of rotatable bonds is 4. The van der Waals surface area contributed by atoms with Crippen molar-refractivity contribution in [3.05, 3.63) is 23.0 Å². The molecule has 1 heterocycles. The summed E-state index contributed by atoms with van der Waals surface area (Å²) < 4.78 is 2.00. The second-order valence-corrected chi connectivity index (χ2v) is 6.52. The molecule has 0 unspecified atom stereocenters. The second kappa shape index (κ2) is 5.43. The molecule has 0 bridgehead atoms. The van der Waals surface area contributed by atoms with Gasteiger partial charge in [0.05, 0.1) is 0 Å². The van der Waals surface area contributed by atoms with E-state index in [1.165, 1.54) is 0 Å². The van der Waals surface area contributed by atoms with Gasteiger partial charge in [-0.2, -0.15) is 0 Å². The molecule has 0 radical (unpaired) electrons. The number of nitrogens with one attached hydrogen (secondary N) is 1. The smallest absolute Gasteiger partial charge is 0.239 e. The van der Waals surface area contributed by atoms with Crippen LogP contribution in [0.1, 0.15) is 55.4 Å². The minimum Gasteiger partial charge on any atom is -0.355 e. The van der Waals surface area contributed by atoms with Crippen molar-refractivity contribution in [1.82, 2.24) is 9.88 Å². The summed E-state index contributed by atoms with van der Waals surface area (Å²) in [5.74, 6) is 0.219. The maximum atomic E-state index is 12.2. The molecule has 4 heteroatoms. The van der Waals surface area contributed by atoms with Gasteiger partial charge in [-0.3, -0.25) is 9.59 Å². The van der Waals surface area contributed by atoms with Gasteiger partial charge in [-0.15, -0.1) is 0 Å². The Morgan fingerprint density at radius 3 is 2.75 bits per heavy atom. The number of nitrogens with zero attached hydrogens (tertiary/aromatic N) is 1. The van der Waals surface area contributed by atoms with Crippen molar-refractivity contribution in [1.29, 1.82) is 0 Å². The van der Waals surface area contributed by atoms with Gasteiger partial charge in [0.25, 0.3) is 0 Å². The monoisotopic (exact) mass is 276 g/mol. The molecule has 1 aromatic heterocycles. The topological polar surface area (TPSA) is 51.1 Å². The zero-order chi connectivity index (χ0) is 14.9. The standard InChI is InChI=1S/C16H24N2O2/c1-5-6-17-15(20)10-18-11(2)7-12-13(18)8-16(3,4)9-14(12)19/h7H,5-6,8-10H2,1-4H3,(H,17,20). The van der Waals surface area contributed by atoms with Crippen LogP contribution in [0.5, 0.6) is 0 Å². The fraction of sp³-hybridized carbons (Fsp3) is 0.625. The number of ketones is 1. The van der Waals surface area contributed by atoms with E-state index < -0.39 is 0 Å². The lowest BCUT2D eigenvalue weighted by Crippen LogP contribution is -2.32. The van der Waals surface area contributed by atoms with Crippen molar-refractivity contribution in [2.24, 2.45) is 5.41 Å². The number of aryl methyl sites for hydroxylation is 1. The maximum Gasteiger partial charge on any atom is 0.239 e.